The van der Waals surface area contributed by atoms with E-state index < -0.39 is 5.92 Å². The Kier molecular flexibility index (Phi) is 4.99. The van der Waals surface area contributed by atoms with Crippen LogP contribution in [0.1, 0.15) is 64.7 Å². The van der Waals surface area contributed by atoms with Gasteiger partial charge in [0, 0.05) is 18.9 Å². The Morgan fingerprint density at radius 2 is 1.72 bits per heavy atom. The van der Waals surface area contributed by atoms with E-state index in [0.717, 1.165) is 12.5 Å². The molecule has 1 atom stereocenters. The molecule has 18 heavy (non-hydrogen) atoms. The van der Waals surface area contributed by atoms with E-state index in [1.54, 1.807) is 0 Å². The van der Waals surface area contributed by atoms with Crippen molar-refractivity contribution in [3.63, 3.8) is 0 Å². The van der Waals surface area contributed by atoms with Gasteiger partial charge in [-0.3, -0.25) is 0 Å². The van der Waals surface area contributed by atoms with Crippen LogP contribution in [-0.2, 0) is 0 Å². The molecule has 0 spiro atoms. The van der Waals surface area contributed by atoms with Crippen LogP contribution in [0.4, 0.5) is 8.78 Å². The zero-order valence-corrected chi connectivity index (χ0v) is 11.6. The van der Waals surface area contributed by atoms with Crippen LogP contribution in [0.15, 0.2) is 0 Å². The van der Waals surface area contributed by atoms with Crippen LogP contribution in [0.2, 0.25) is 0 Å². The van der Waals surface area contributed by atoms with Crippen LogP contribution >= 0.6 is 0 Å². The van der Waals surface area contributed by atoms with E-state index in [0.29, 0.717) is 24.8 Å². The number of nitrogens with one attached hydrogen (secondary N) is 1. The van der Waals surface area contributed by atoms with Gasteiger partial charge >= 0.3 is 0 Å². The van der Waals surface area contributed by atoms with E-state index in [1.807, 2.05) is 0 Å². The van der Waals surface area contributed by atoms with Crippen LogP contribution < -0.4 is 5.32 Å². The predicted octanol–water partition coefficient (Wildman–Crippen LogP) is 4.37. The molecule has 0 heterocycles. The molecule has 1 N–H and O–H groups in total. The Morgan fingerprint density at radius 1 is 1.11 bits per heavy atom. The maximum absolute atomic E-state index is 13.2. The van der Waals surface area contributed by atoms with Crippen molar-refractivity contribution in [3.8, 4) is 0 Å². The highest BCUT2D eigenvalue weighted by Gasteiger charge is 2.38. The average molecular weight is 259 g/mol. The van der Waals surface area contributed by atoms with E-state index in [9.17, 15) is 8.78 Å². The maximum atomic E-state index is 13.2. The molecule has 0 aliphatic heterocycles. The Balaban J connectivity index is 1.84. The molecule has 0 amide bonds. The van der Waals surface area contributed by atoms with Gasteiger partial charge in [-0.25, -0.2) is 8.78 Å². The Hall–Kier alpha value is -0.180. The zero-order valence-electron chi connectivity index (χ0n) is 11.6. The minimum Gasteiger partial charge on any atom is -0.314 e. The Bertz CT molecular complexity index is 239. The third kappa shape index (κ3) is 3.91. The van der Waals surface area contributed by atoms with Crippen molar-refractivity contribution in [3.05, 3.63) is 0 Å². The number of alkyl halides is 2. The first kappa shape index (κ1) is 14.2. The molecule has 2 fully saturated rings. The quantitative estimate of drug-likeness (QED) is 0.773. The molecular weight excluding hydrogens is 232 g/mol. The molecule has 2 aliphatic carbocycles. The summed E-state index contributed by atoms with van der Waals surface area (Å²) in [7, 11) is 0. The highest BCUT2D eigenvalue weighted by atomic mass is 19.3. The molecule has 2 saturated carbocycles. The fraction of sp³-hybridized carbons (Fsp3) is 1.00. The third-order valence-electron chi connectivity index (χ3n) is 4.86. The number of rotatable bonds is 5. The first-order valence-electron chi connectivity index (χ1n) is 7.72. The van der Waals surface area contributed by atoms with Crippen LogP contribution in [0.5, 0.6) is 0 Å². The van der Waals surface area contributed by atoms with Crippen LogP contribution in [-0.4, -0.2) is 18.5 Å². The third-order valence-corrected chi connectivity index (χ3v) is 4.86. The summed E-state index contributed by atoms with van der Waals surface area (Å²) < 4.78 is 26.4. The summed E-state index contributed by atoms with van der Waals surface area (Å²) in [5.41, 5.74) is 0. The second kappa shape index (κ2) is 6.31. The molecule has 0 aromatic rings. The van der Waals surface area contributed by atoms with Crippen LogP contribution in [0, 0.1) is 11.8 Å². The van der Waals surface area contributed by atoms with Crippen molar-refractivity contribution in [2.45, 2.75) is 76.7 Å². The van der Waals surface area contributed by atoms with Gasteiger partial charge in [-0.05, 0) is 37.6 Å². The standard InChI is InChI=1S/C15H27F2N/c1-2-18-14(11-12-5-3-4-6-12)13-7-9-15(16,17)10-8-13/h12-14,18H,2-11H2,1H3. The van der Waals surface area contributed by atoms with Crippen molar-refractivity contribution in [1.29, 1.82) is 0 Å². The number of hydrogen-bond donors (Lipinski definition) is 1. The summed E-state index contributed by atoms with van der Waals surface area (Å²) in [5, 5.41) is 3.56. The van der Waals surface area contributed by atoms with E-state index in [1.165, 1.54) is 32.1 Å². The topological polar surface area (TPSA) is 12.0 Å². The second-order valence-corrected chi connectivity index (χ2v) is 6.24. The van der Waals surface area contributed by atoms with Gasteiger partial charge in [0.2, 0.25) is 5.92 Å². The van der Waals surface area contributed by atoms with Crippen molar-refractivity contribution >= 4 is 0 Å². The molecule has 0 aromatic heterocycles. The number of hydrogen-bond acceptors (Lipinski definition) is 1. The summed E-state index contributed by atoms with van der Waals surface area (Å²) in [4.78, 5) is 0. The molecule has 0 bridgehead atoms. The largest absolute Gasteiger partial charge is 0.314 e. The predicted molar refractivity (Wildman–Crippen MR) is 70.9 cm³/mol. The monoisotopic (exact) mass is 259 g/mol. The van der Waals surface area contributed by atoms with Gasteiger partial charge in [-0.1, -0.05) is 32.6 Å². The van der Waals surface area contributed by atoms with Gasteiger partial charge in [-0.15, -0.1) is 0 Å². The first-order valence-corrected chi connectivity index (χ1v) is 7.72. The maximum Gasteiger partial charge on any atom is 0.248 e. The van der Waals surface area contributed by atoms with E-state index >= 15 is 0 Å². The Labute approximate surface area is 110 Å². The highest BCUT2D eigenvalue weighted by Crippen LogP contribution is 2.39. The average Bonchev–Trinajstić information content (AvgIpc) is 2.81. The van der Waals surface area contributed by atoms with Crippen molar-refractivity contribution in [2.24, 2.45) is 11.8 Å². The van der Waals surface area contributed by atoms with E-state index in [4.69, 9.17) is 0 Å². The van der Waals surface area contributed by atoms with Crippen LogP contribution in [0.3, 0.4) is 0 Å². The lowest BCUT2D eigenvalue weighted by molar-refractivity contribution is -0.0503. The molecule has 0 radical (unpaired) electrons. The van der Waals surface area contributed by atoms with Gasteiger partial charge in [0.25, 0.3) is 0 Å². The van der Waals surface area contributed by atoms with Gasteiger partial charge in [0.1, 0.15) is 0 Å². The van der Waals surface area contributed by atoms with Gasteiger partial charge in [0.05, 0.1) is 0 Å². The Morgan fingerprint density at radius 3 is 2.28 bits per heavy atom. The highest BCUT2D eigenvalue weighted by molar-refractivity contribution is 4.86. The minimum atomic E-state index is -2.39. The lowest BCUT2D eigenvalue weighted by Crippen LogP contribution is -2.41. The summed E-state index contributed by atoms with van der Waals surface area (Å²) in [6.45, 7) is 3.09. The lowest BCUT2D eigenvalue weighted by Gasteiger charge is -2.35. The van der Waals surface area contributed by atoms with Crippen LogP contribution in [0.25, 0.3) is 0 Å². The van der Waals surface area contributed by atoms with Gasteiger partial charge in [-0.2, -0.15) is 0 Å². The van der Waals surface area contributed by atoms with Gasteiger partial charge in [0.15, 0.2) is 0 Å². The summed E-state index contributed by atoms with van der Waals surface area (Å²) >= 11 is 0. The fourth-order valence-electron chi connectivity index (χ4n) is 3.77. The SMILES string of the molecule is CCNC(CC1CCCC1)C1CCC(F)(F)CC1. The van der Waals surface area contributed by atoms with E-state index in [-0.39, 0.29) is 12.8 Å². The minimum absolute atomic E-state index is 0.101. The molecule has 0 saturated heterocycles. The molecule has 106 valence electrons. The normalized spacial score (nSPS) is 27.5. The molecule has 3 heteroatoms. The second-order valence-electron chi connectivity index (χ2n) is 6.24. The smallest absolute Gasteiger partial charge is 0.248 e. The molecular formula is C15H27F2N. The summed E-state index contributed by atoms with van der Waals surface area (Å²) in [6, 6.07) is 0.481. The fourth-order valence-corrected chi connectivity index (χ4v) is 3.77. The van der Waals surface area contributed by atoms with Crippen molar-refractivity contribution in [2.75, 3.05) is 6.54 Å². The summed E-state index contributed by atoms with van der Waals surface area (Å²) in [6.07, 6.45) is 8.27. The van der Waals surface area contributed by atoms with Gasteiger partial charge < -0.3 is 5.32 Å². The van der Waals surface area contributed by atoms with Crippen molar-refractivity contribution in [1.82, 2.24) is 5.32 Å². The molecule has 0 aromatic carbocycles. The molecule has 2 rings (SSSR count). The number of halogens is 2. The lowest BCUT2D eigenvalue weighted by atomic mass is 9.79. The zero-order chi connectivity index (χ0) is 13.0. The van der Waals surface area contributed by atoms with E-state index in [2.05, 4.69) is 12.2 Å². The molecule has 2 aliphatic rings. The first-order chi connectivity index (χ1) is 8.61. The van der Waals surface area contributed by atoms with Crippen molar-refractivity contribution < 1.29 is 8.78 Å². The molecule has 1 nitrogen and oxygen atoms in total. The summed E-state index contributed by atoms with van der Waals surface area (Å²) in [5.74, 6) is -1.07. The molecule has 1 unspecified atom stereocenters.